The van der Waals surface area contributed by atoms with Crippen molar-refractivity contribution >= 4 is 21.6 Å². The molecular weight excluding hydrogens is 404 g/mol. The maximum absolute atomic E-state index is 12.7. The molecule has 7 nitrogen and oxygen atoms in total. The largest absolute Gasteiger partial charge is 0.494 e. The lowest BCUT2D eigenvalue weighted by molar-refractivity contribution is -0.122. The zero-order valence-corrected chi connectivity index (χ0v) is 18.9. The first-order valence-electron chi connectivity index (χ1n) is 9.87. The number of sulfonamides is 1. The zero-order valence-electron chi connectivity index (χ0n) is 18.1. The van der Waals surface area contributed by atoms with E-state index in [2.05, 4.69) is 5.32 Å². The Morgan fingerprint density at radius 3 is 2.30 bits per heavy atom. The van der Waals surface area contributed by atoms with Gasteiger partial charge in [-0.3, -0.25) is 9.10 Å². The van der Waals surface area contributed by atoms with E-state index in [1.54, 1.807) is 31.2 Å². The third kappa shape index (κ3) is 6.66. The molecule has 0 aromatic heterocycles. The Bertz CT molecular complexity index is 942. The SMILES string of the molecule is CCOc1ccc(N([C@H](C)C(=O)NCc2cccc(OC(C)C)c2)S(C)(=O)=O)cc1. The quantitative estimate of drug-likeness (QED) is 0.620. The van der Waals surface area contributed by atoms with Gasteiger partial charge in [-0.2, -0.15) is 0 Å². The molecular formula is C22H30N2O5S. The Morgan fingerprint density at radius 2 is 1.73 bits per heavy atom. The van der Waals surface area contributed by atoms with E-state index in [-0.39, 0.29) is 12.6 Å². The van der Waals surface area contributed by atoms with Crippen LogP contribution in [0.15, 0.2) is 48.5 Å². The van der Waals surface area contributed by atoms with Crippen LogP contribution in [0.3, 0.4) is 0 Å². The highest BCUT2D eigenvalue weighted by atomic mass is 32.2. The maximum atomic E-state index is 12.7. The van der Waals surface area contributed by atoms with Crippen molar-refractivity contribution in [1.29, 1.82) is 0 Å². The van der Waals surface area contributed by atoms with Gasteiger partial charge in [0.05, 0.1) is 24.7 Å². The molecule has 1 atom stereocenters. The van der Waals surface area contributed by atoms with Gasteiger partial charge in [0, 0.05) is 6.54 Å². The number of carbonyl (C=O) groups is 1. The van der Waals surface area contributed by atoms with Gasteiger partial charge in [-0.25, -0.2) is 8.42 Å². The molecule has 0 saturated carbocycles. The molecule has 1 amide bonds. The highest BCUT2D eigenvalue weighted by Crippen LogP contribution is 2.24. The predicted molar refractivity (Wildman–Crippen MR) is 118 cm³/mol. The van der Waals surface area contributed by atoms with Crippen LogP contribution in [0.2, 0.25) is 0 Å². The topological polar surface area (TPSA) is 84.9 Å². The summed E-state index contributed by atoms with van der Waals surface area (Å²) in [6, 6.07) is 13.1. The number of nitrogens with one attached hydrogen (secondary N) is 1. The first kappa shape index (κ1) is 23.5. The first-order chi connectivity index (χ1) is 14.1. The monoisotopic (exact) mass is 434 g/mol. The van der Waals surface area contributed by atoms with Crippen LogP contribution < -0.4 is 19.1 Å². The molecule has 0 heterocycles. The zero-order chi connectivity index (χ0) is 22.3. The van der Waals surface area contributed by atoms with Crippen LogP contribution in [-0.4, -0.2) is 39.3 Å². The van der Waals surface area contributed by atoms with Crippen LogP contribution in [0.4, 0.5) is 5.69 Å². The molecule has 2 aromatic rings. The fourth-order valence-electron chi connectivity index (χ4n) is 3.00. The predicted octanol–water partition coefficient (Wildman–Crippen LogP) is 3.34. The number of amides is 1. The highest BCUT2D eigenvalue weighted by Gasteiger charge is 2.29. The fourth-order valence-corrected chi connectivity index (χ4v) is 4.18. The molecule has 0 spiro atoms. The second kappa shape index (κ2) is 10.3. The van der Waals surface area contributed by atoms with Gasteiger partial charge >= 0.3 is 0 Å². The van der Waals surface area contributed by atoms with E-state index >= 15 is 0 Å². The smallest absolute Gasteiger partial charge is 0.243 e. The minimum Gasteiger partial charge on any atom is -0.494 e. The first-order valence-corrected chi connectivity index (χ1v) is 11.7. The molecule has 1 N–H and O–H groups in total. The van der Waals surface area contributed by atoms with Crippen LogP contribution in [-0.2, 0) is 21.4 Å². The second-order valence-corrected chi connectivity index (χ2v) is 9.05. The molecule has 0 aliphatic carbocycles. The van der Waals surface area contributed by atoms with Crippen molar-refractivity contribution < 1.29 is 22.7 Å². The molecule has 0 radical (unpaired) electrons. The van der Waals surface area contributed by atoms with Crippen molar-refractivity contribution in [3.05, 3.63) is 54.1 Å². The van der Waals surface area contributed by atoms with Crippen molar-refractivity contribution in [3.8, 4) is 11.5 Å². The van der Waals surface area contributed by atoms with E-state index < -0.39 is 22.0 Å². The van der Waals surface area contributed by atoms with E-state index in [0.717, 1.165) is 21.9 Å². The van der Waals surface area contributed by atoms with E-state index in [9.17, 15) is 13.2 Å². The van der Waals surface area contributed by atoms with E-state index in [1.807, 2.05) is 45.0 Å². The minimum absolute atomic E-state index is 0.0484. The van der Waals surface area contributed by atoms with Crippen molar-refractivity contribution in [2.24, 2.45) is 0 Å². The third-order valence-corrected chi connectivity index (χ3v) is 5.47. The van der Waals surface area contributed by atoms with Crippen molar-refractivity contribution in [2.75, 3.05) is 17.2 Å². The molecule has 0 fully saturated rings. The van der Waals surface area contributed by atoms with Gasteiger partial charge in [0.1, 0.15) is 17.5 Å². The third-order valence-electron chi connectivity index (χ3n) is 4.23. The molecule has 2 rings (SSSR count). The average Bonchev–Trinajstić information content (AvgIpc) is 2.66. The summed E-state index contributed by atoms with van der Waals surface area (Å²) in [4.78, 5) is 12.7. The molecule has 2 aromatic carbocycles. The summed E-state index contributed by atoms with van der Waals surface area (Å²) in [6.07, 6.45) is 1.13. The number of nitrogens with zero attached hydrogens (tertiary/aromatic N) is 1. The maximum Gasteiger partial charge on any atom is 0.243 e. The van der Waals surface area contributed by atoms with Gasteiger partial charge in [0.15, 0.2) is 0 Å². The number of rotatable bonds is 10. The lowest BCUT2D eigenvalue weighted by Crippen LogP contribution is -2.47. The van der Waals surface area contributed by atoms with Gasteiger partial charge in [-0.05, 0) is 69.7 Å². The van der Waals surface area contributed by atoms with Crippen molar-refractivity contribution in [3.63, 3.8) is 0 Å². The molecule has 8 heteroatoms. The molecule has 0 bridgehead atoms. The Balaban J connectivity index is 2.12. The van der Waals surface area contributed by atoms with Gasteiger partial charge in [0.25, 0.3) is 0 Å². The van der Waals surface area contributed by atoms with Gasteiger partial charge in [0.2, 0.25) is 15.9 Å². The van der Waals surface area contributed by atoms with Gasteiger partial charge in [-0.1, -0.05) is 12.1 Å². The summed E-state index contributed by atoms with van der Waals surface area (Å²) < 4.78 is 37.0. The van der Waals surface area contributed by atoms with Crippen LogP contribution in [0.5, 0.6) is 11.5 Å². The molecule has 164 valence electrons. The van der Waals surface area contributed by atoms with E-state index in [0.29, 0.717) is 18.0 Å². The highest BCUT2D eigenvalue weighted by molar-refractivity contribution is 7.92. The summed E-state index contributed by atoms with van der Waals surface area (Å²) in [5.41, 5.74) is 1.26. The lowest BCUT2D eigenvalue weighted by Gasteiger charge is -2.28. The van der Waals surface area contributed by atoms with Gasteiger partial charge < -0.3 is 14.8 Å². The molecule has 0 unspecified atom stereocenters. The van der Waals surface area contributed by atoms with Crippen molar-refractivity contribution in [1.82, 2.24) is 5.32 Å². The summed E-state index contributed by atoms with van der Waals surface area (Å²) >= 11 is 0. The number of benzene rings is 2. The van der Waals surface area contributed by atoms with Crippen LogP contribution >= 0.6 is 0 Å². The number of hydrogen-bond donors (Lipinski definition) is 1. The lowest BCUT2D eigenvalue weighted by atomic mass is 10.2. The minimum atomic E-state index is -3.68. The summed E-state index contributed by atoms with van der Waals surface area (Å²) in [5.74, 6) is 0.955. The fraction of sp³-hybridized carbons (Fsp3) is 0.409. The molecule has 0 saturated heterocycles. The number of hydrogen-bond acceptors (Lipinski definition) is 5. The van der Waals surface area contributed by atoms with Gasteiger partial charge in [-0.15, -0.1) is 0 Å². The number of anilines is 1. The average molecular weight is 435 g/mol. The Morgan fingerprint density at radius 1 is 1.07 bits per heavy atom. The Kier molecular flexibility index (Phi) is 8.11. The van der Waals surface area contributed by atoms with Crippen LogP contribution in [0, 0.1) is 0 Å². The Hall–Kier alpha value is -2.74. The second-order valence-electron chi connectivity index (χ2n) is 7.19. The summed E-state index contributed by atoms with van der Waals surface area (Å²) in [5, 5.41) is 2.81. The molecule has 30 heavy (non-hydrogen) atoms. The molecule has 0 aliphatic rings. The standard InChI is InChI=1S/C22H30N2O5S/c1-6-28-20-12-10-19(11-13-20)24(30(5,26)27)17(4)22(25)23-15-18-8-7-9-21(14-18)29-16(2)3/h7-14,16-17H,6,15H2,1-5H3,(H,23,25)/t17-/m1/s1. The Labute approximate surface area is 179 Å². The summed E-state index contributed by atoms with van der Waals surface area (Å²) in [7, 11) is -3.68. The summed E-state index contributed by atoms with van der Waals surface area (Å²) in [6.45, 7) is 8.09. The van der Waals surface area contributed by atoms with Crippen molar-refractivity contribution in [2.45, 2.75) is 46.4 Å². The van der Waals surface area contributed by atoms with E-state index in [1.165, 1.54) is 0 Å². The normalized spacial score (nSPS) is 12.3. The molecule has 0 aliphatic heterocycles. The van der Waals surface area contributed by atoms with Crippen LogP contribution in [0.1, 0.15) is 33.3 Å². The van der Waals surface area contributed by atoms with E-state index in [4.69, 9.17) is 9.47 Å². The number of ether oxygens (including phenoxy) is 2. The number of carbonyl (C=O) groups excluding carboxylic acids is 1. The van der Waals surface area contributed by atoms with Crippen LogP contribution in [0.25, 0.3) is 0 Å².